The molecule has 0 spiro atoms. The van der Waals surface area contributed by atoms with Gasteiger partial charge in [-0.05, 0) is 30.5 Å². The Balaban J connectivity index is 1.61. The van der Waals surface area contributed by atoms with Crippen LogP contribution in [0.4, 0.5) is 5.13 Å². The molecule has 0 saturated carbocycles. The van der Waals surface area contributed by atoms with Crippen LogP contribution < -0.4 is 14.8 Å². The Hall–Kier alpha value is -2.93. The van der Waals surface area contributed by atoms with Gasteiger partial charge in [0.05, 0.1) is 14.2 Å². The molecule has 140 valence electrons. The van der Waals surface area contributed by atoms with Crippen LogP contribution in [0.3, 0.4) is 0 Å². The molecule has 1 heterocycles. The maximum absolute atomic E-state index is 12.6. The van der Waals surface area contributed by atoms with Crippen LogP contribution in [-0.4, -0.2) is 30.3 Å². The van der Waals surface area contributed by atoms with E-state index >= 15 is 0 Å². The number of anilines is 1. The van der Waals surface area contributed by atoms with E-state index in [1.54, 1.807) is 18.2 Å². The van der Waals surface area contributed by atoms with Crippen LogP contribution in [0.5, 0.6) is 11.5 Å². The summed E-state index contributed by atoms with van der Waals surface area (Å²) in [5, 5.41) is 12.4. The van der Waals surface area contributed by atoms with E-state index in [0.29, 0.717) is 22.2 Å². The van der Waals surface area contributed by atoms with Crippen molar-refractivity contribution in [1.82, 2.24) is 10.2 Å². The largest absolute Gasteiger partial charge is 0.496 e. The van der Waals surface area contributed by atoms with Gasteiger partial charge in [0.25, 0.3) is 5.91 Å². The van der Waals surface area contributed by atoms with Crippen LogP contribution in [0.25, 0.3) is 0 Å². The molecule has 1 amide bonds. The third-order valence-electron chi connectivity index (χ3n) is 4.04. The lowest BCUT2D eigenvalue weighted by Crippen LogP contribution is -2.14. The molecule has 0 radical (unpaired) electrons. The Bertz CT molecular complexity index is 874. The second-order valence-electron chi connectivity index (χ2n) is 5.83. The number of hydrogen-bond acceptors (Lipinski definition) is 6. The van der Waals surface area contributed by atoms with E-state index in [1.807, 2.05) is 18.2 Å². The number of ether oxygens (including phenoxy) is 2. The van der Waals surface area contributed by atoms with Crippen molar-refractivity contribution in [3.8, 4) is 11.5 Å². The van der Waals surface area contributed by atoms with Gasteiger partial charge in [0.1, 0.15) is 22.1 Å². The molecular formula is C20H21N3O3S. The maximum Gasteiger partial charge on any atom is 0.265 e. The Morgan fingerprint density at radius 2 is 1.67 bits per heavy atom. The van der Waals surface area contributed by atoms with E-state index < -0.39 is 0 Å². The van der Waals surface area contributed by atoms with Gasteiger partial charge >= 0.3 is 0 Å². The summed E-state index contributed by atoms with van der Waals surface area (Å²) in [5.41, 5.74) is 1.64. The number of amides is 1. The standard InChI is InChI=1S/C20H21N3O3S/c1-25-15-11-7-12-16(26-2)18(15)19(24)21-20-23-22-17(27-20)13-6-10-14-8-4-3-5-9-14/h3-5,7-9,11-12H,6,10,13H2,1-2H3,(H,21,23,24). The number of carbonyl (C=O) groups excluding carboxylic acids is 1. The third-order valence-corrected chi connectivity index (χ3v) is 4.94. The first-order valence-electron chi connectivity index (χ1n) is 8.60. The predicted molar refractivity (Wildman–Crippen MR) is 106 cm³/mol. The molecule has 0 unspecified atom stereocenters. The van der Waals surface area contributed by atoms with Gasteiger partial charge in [-0.2, -0.15) is 0 Å². The van der Waals surface area contributed by atoms with Gasteiger partial charge in [-0.15, -0.1) is 10.2 Å². The summed E-state index contributed by atoms with van der Waals surface area (Å²) in [4.78, 5) is 12.6. The molecule has 7 heteroatoms. The molecule has 1 aromatic heterocycles. The normalized spacial score (nSPS) is 10.4. The molecule has 3 aromatic rings. The highest BCUT2D eigenvalue weighted by Gasteiger charge is 2.19. The van der Waals surface area contributed by atoms with Crippen LogP contribution in [0.2, 0.25) is 0 Å². The van der Waals surface area contributed by atoms with E-state index in [4.69, 9.17) is 9.47 Å². The van der Waals surface area contributed by atoms with E-state index in [-0.39, 0.29) is 5.91 Å². The zero-order valence-electron chi connectivity index (χ0n) is 15.3. The number of hydrogen-bond donors (Lipinski definition) is 1. The third kappa shape index (κ3) is 4.83. The van der Waals surface area contributed by atoms with Gasteiger partial charge < -0.3 is 9.47 Å². The molecule has 1 N–H and O–H groups in total. The number of aryl methyl sites for hydroxylation is 2. The van der Waals surface area contributed by atoms with Gasteiger partial charge in [0.2, 0.25) is 5.13 Å². The number of benzene rings is 2. The summed E-state index contributed by atoms with van der Waals surface area (Å²) in [6, 6.07) is 15.5. The molecule has 0 aliphatic carbocycles. The first-order valence-corrected chi connectivity index (χ1v) is 9.41. The van der Waals surface area contributed by atoms with Gasteiger partial charge in [0.15, 0.2) is 0 Å². The molecule has 0 fully saturated rings. The fourth-order valence-corrected chi connectivity index (χ4v) is 3.50. The summed E-state index contributed by atoms with van der Waals surface area (Å²) < 4.78 is 10.5. The Labute approximate surface area is 162 Å². The monoisotopic (exact) mass is 383 g/mol. The number of aromatic nitrogens is 2. The number of carbonyl (C=O) groups is 1. The molecule has 0 aliphatic heterocycles. The van der Waals surface area contributed by atoms with Crippen molar-refractivity contribution in [2.75, 3.05) is 19.5 Å². The molecule has 0 aliphatic rings. The fraction of sp³-hybridized carbons (Fsp3) is 0.250. The zero-order chi connectivity index (χ0) is 19.1. The first kappa shape index (κ1) is 18.8. The molecule has 6 nitrogen and oxygen atoms in total. The summed E-state index contributed by atoms with van der Waals surface area (Å²) >= 11 is 1.38. The lowest BCUT2D eigenvalue weighted by molar-refractivity contribution is 0.102. The molecule has 0 atom stereocenters. The number of rotatable bonds is 8. The van der Waals surface area contributed by atoms with Gasteiger partial charge in [-0.3, -0.25) is 10.1 Å². The van der Waals surface area contributed by atoms with E-state index in [9.17, 15) is 4.79 Å². The molecule has 0 saturated heterocycles. The topological polar surface area (TPSA) is 73.3 Å². The average Bonchev–Trinajstić information content (AvgIpc) is 3.15. The van der Waals surface area contributed by atoms with Gasteiger partial charge in [-0.1, -0.05) is 47.7 Å². The van der Waals surface area contributed by atoms with E-state index in [0.717, 1.165) is 24.3 Å². The number of nitrogens with zero attached hydrogens (tertiary/aromatic N) is 2. The van der Waals surface area contributed by atoms with Crippen molar-refractivity contribution >= 4 is 22.4 Å². The first-order chi connectivity index (χ1) is 13.2. The Morgan fingerprint density at radius 1 is 0.963 bits per heavy atom. The minimum absolute atomic E-state index is 0.336. The zero-order valence-corrected chi connectivity index (χ0v) is 16.1. The van der Waals surface area contributed by atoms with Crippen LogP contribution in [0, 0.1) is 0 Å². The van der Waals surface area contributed by atoms with Crippen LogP contribution >= 0.6 is 11.3 Å². The second-order valence-corrected chi connectivity index (χ2v) is 6.89. The van der Waals surface area contributed by atoms with Crippen molar-refractivity contribution in [2.45, 2.75) is 19.3 Å². The van der Waals surface area contributed by atoms with Crippen molar-refractivity contribution in [1.29, 1.82) is 0 Å². The fourth-order valence-electron chi connectivity index (χ4n) is 2.73. The number of nitrogens with one attached hydrogen (secondary N) is 1. The predicted octanol–water partition coefficient (Wildman–Crippen LogP) is 3.98. The molecule has 2 aromatic carbocycles. The van der Waals surface area contributed by atoms with Crippen LogP contribution in [0.15, 0.2) is 48.5 Å². The van der Waals surface area contributed by atoms with Gasteiger partial charge in [0, 0.05) is 6.42 Å². The highest BCUT2D eigenvalue weighted by molar-refractivity contribution is 7.15. The smallest absolute Gasteiger partial charge is 0.265 e. The van der Waals surface area contributed by atoms with Crippen molar-refractivity contribution in [3.63, 3.8) is 0 Å². The quantitative estimate of drug-likeness (QED) is 0.637. The van der Waals surface area contributed by atoms with Crippen molar-refractivity contribution in [3.05, 3.63) is 64.7 Å². The summed E-state index contributed by atoms with van der Waals surface area (Å²) in [5.74, 6) is 0.551. The van der Waals surface area contributed by atoms with Crippen LogP contribution in [0.1, 0.15) is 27.3 Å². The molecular weight excluding hydrogens is 362 g/mol. The number of methoxy groups -OCH3 is 2. The molecule has 0 bridgehead atoms. The highest BCUT2D eigenvalue weighted by Crippen LogP contribution is 2.29. The van der Waals surface area contributed by atoms with Crippen LogP contribution in [-0.2, 0) is 12.8 Å². The van der Waals surface area contributed by atoms with Gasteiger partial charge in [-0.25, -0.2) is 0 Å². The molecule has 3 rings (SSSR count). The Kier molecular flexibility index (Phi) is 6.38. The van der Waals surface area contributed by atoms with E-state index in [1.165, 1.54) is 31.1 Å². The lowest BCUT2D eigenvalue weighted by atomic mass is 10.1. The minimum Gasteiger partial charge on any atom is -0.496 e. The second kappa shape index (κ2) is 9.14. The average molecular weight is 383 g/mol. The Morgan fingerprint density at radius 3 is 2.33 bits per heavy atom. The van der Waals surface area contributed by atoms with Crippen molar-refractivity contribution in [2.24, 2.45) is 0 Å². The summed E-state index contributed by atoms with van der Waals surface area (Å²) in [7, 11) is 3.03. The van der Waals surface area contributed by atoms with E-state index in [2.05, 4.69) is 27.6 Å². The SMILES string of the molecule is COc1cccc(OC)c1C(=O)Nc1nnc(CCCc2ccccc2)s1. The summed E-state index contributed by atoms with van der Waals surface area (Å²) in [6.07, 6.45) is 2.79. The minimum atomic E-state index is -0.337. The highest BCUT2D eigenvalue weighted by atomic mass is 32.1. The lowest BCUT2D eigenvalue weighted by Gasteiger charge is -2.11. The van der Waals surface area contributed by atoms with Crippen molar-refractivity contribution < 1.29 is 14.3 Å². The molecule has 27 heavy (non-hydrogen) atoms. The summed E-state index contributed by atoms with van der Waals surface area (Å²) in [6.45, 7) is 0. The maximum atomic E-state index is 12.6.